The van der Waals surface area contributed by atoms with Crippen molar-refractivity contribution in [2.24, 2.45) is 16.3 Å². The van der Waals surface area contributed by atoms with Crippen molar-refractivity contribution in [3.05, 3.63) is 0 Å². The first-order valence-corrected chi connectivity index (χ1v) is 5.83. The quantitative estimate of drug-likeness (QED) is 0.194. The van der Waals surface area contributed by atoms with Gasteiger partial charge in [-0.05, 0) is 12.8 Å². The lowest BCUT2D eigenvalue weighted by molar-refractivity contribution is 0.0130. The van der Waals surface area contributed by atoms with E-state index < -0.39 is 0 Å². The van der Waals surface area contributed by atoms with Gasteiger partial charge in [-0.15, -0.1) is 0 Å². The summed E-state index contributed by atoms with van der Waals surface area (Å²) in [4.78, 5) is 0. The van der Waals surface area contributed by atoms with Gasteiger partial charge in [-0.3, -0.25) is 0 Å². The molecule has 1 rings (SSSR count). The lowest BCUT2D eigenvalue weighted by Crippen LogP contribution is -2.22. The van der Waals surface area contributed by atoms with Gasteiger partial charge in [-0.25, -0.2) is 0 Å². The monoisotopic (exact) mass is 246 g/mol. The second-order valence-corrected chi connectivity index (χ2v) is 4.43. The number of nitrogens with two attached hydrogens (primary N) is 1. The van der Waals surface area contributed by atoms with Crippen LogP contribution in [0, 0.1) is 5.41 Å². The first-order valence-electron chi connectivity index (χ1n) is 5.83. The third kappa shape index (κ3) is 5.86. The molecule has 1 aliphatic carbocycles. The fourth-order valence-electron chi connectivity index (χ4n) is 1.62. The molecule has 0 radical (unpaired) electrons. The Bertz CT molecular complexity index is 242. The fraction of sp³-hybridized carbons (Fsp3) is 0.909. The number of oxime groups is 1. The van der Waals surface area contributed by atoms with Crippen molar-refractivity contribution >= 4 is 5.84 Å². The fourth-order valence-corrected chi connectivity index (χ4v) is 1.62. The molecule has 0 heterocycles. The maximum atomic E-state index is 8.51. The van der Waals surface area contributed by atoms with Gasteiger partial charge in [0.25, 0.3) is 0 Å². The Morgan fingerprint density at radius 1 is 1.24 bits per heavy atom. The summed E-state index contributed by atoms with van der Waals surface area (Å²) in [6.07, 6.45) is 2.76. The zero-order valence-electron chi connectivity index (χ0n) is 10.4. The van der Waals surface area contributed by atoms with E-state index in [0.29, 0.717) is 39.5 Å². The summed E-state index contributed by atoms with van der Waals surface area (Å²) in [6.45, 7) is 2.99. The third-order valence-corrected chi connectivity index (χ3v) is 2.85. The van der Waals surface area contributed by atoms with E-state index in [0.717, 1.165) is 12.8 Å². The molecule has 0 spiro atoms. The van der Waals surface area contributed by atoms with E-state index in [2.05, 4.69) is 5.16 Å². The molecule has 0 aromatic carbocycles. The average molecular weight is 246 g/mol. The van der Waals surface area contributed by atoms with Gasteiger partial charge in [0.2, 0.25) is 0 Å². The zero-order chi connectivity index (χ0) is 12.6. The predicted octanol–water partition coefficient (Wildman–Crippen LogP) is 0.583. The van der Waals surface area contributed by atoms with Crippen LogP contribution in [0.5, 0.6) is 0 Å². The van der Waals surface area contributed by atoms with Crippen LogP contribution in [0.25, 0.3) is 0 Å². The van der Waals surface area contributed by atoms with Crippen LogP contribution < -0.4 is 5.73 Å². The number of methoxy groups -OCH3 is 1. The first-order chi connectivity index (χ1) is 8.22. The summed E-state index contributed by atoms with van der Waals surface area (Å²) in [5.41, 5.74) is 5.59. The van der Waals surface area contributed by atoms with E-state index in [4.69, 9.17) is 25.2 Å². The highest BCUT2D eigenvalue weighted by atomic mass is 16.5. The minimum absolute atomic E-state index is 0.100. The number of amidine groups is 1. The molecule has 0 aromatic rings. The molecular formula is C11H22N2O4. The molecule has 3 N–H and O–H groups in total. The highest BCUT2D eigenvalue weighted by molar-refractivity contribution is 5.80. The van der Waals surface area contributed by atoms with Gasteiger partial charge in [0.05, 0.1) is 33.0 Å². The molecular weight excluding hydrogens is 224 g/mol. The molecule has 0 saturated heterocycles. The SMILES string of the molecule is COCCOCCOCC1(CC(N)=NO)CC1. The molecule has 0 aromatic heterocycles. The molecule has 0 unspecified atom stereocenters. The van der Waals surface area contributed by atoms with Crippen LogP contribution in [0.1, 0.15) is 19.3 Å². The Kier molecular flexibility index (Phi) is 6.25. The summed E-state index contributed by atoms with van der Waals surface area (Å²) in [7, 11) is 1.64. The zero-order valence-corrected chi connectivity index (χ0v) is 10.4. The Morgan fingerprint density at radius 3 is 2.47 bits per heavy atom. The molecule has 0 aliphatic heterocycles. The number of nitrogens with zero attached hydrogens (tertiary/aromatic N) is 1. The molecule has 0 amide bonds. The van der Waals surface area contributed by atoms with Crippen LogP contribution in [0.4, 0.5) is 0 Å². The number of rotatable bonds is 10. The number of hydrogen-bond donors (Lipinski definition) is 2. The molecule has 100 valence electrons. The average Bonchev–Trinajstić information content (AvgIpc) is 3.08. The minimum Gasteiger partial charge on any atom is -0.409 e. The normalized spacial score (nSPS) is 18.3. The standard InChI is InChI=1S/C11H22N2O4/c1-15-4-5-16-6-7-17-9-11(2-3-11)8-10(12)13-14/h14H,2-9H2,1H3,(H2,12,13). The van der Waals surface area contributed by atoms with Crippen LogP contribution in [0.2, 0.25) is 0 Å². The Hall–Kier alpha value is -0.850. The van der Waals surface area contributed by atoms with Gasteiger partial charge < -0.3 is 25.2 Å². The summed E-state index contributed by atoms with van der Waals surface area (Å²) >= 11 is 0. The van der Waals surface area contributed by atoms with Gasteiger partial charge in [0.1, 0.15) is 5.84 Å². The number of ether oxygens (including phenoxy) is 3. The topological polar surface area (TPSA) is 86.3 Å². The van der Waals surface area contributed by atoms with Gasteiger partial charge in [0, 0.05) is 18.9 Å². The molecule has 6 nitrogen and oxygen atoms in total. The van der Waals surface area contributed by atoms with Crippen LogP contribution >= 0.6 is 0 Å². The van der Waals surface area contributed by atoms with E-state index in [-0.39, 0.29) is 11.3 Å². The van der Waals surface area contributed by atoms with Gasteiger partial charge >= 0.3 is 0 Å². The predicted molar refractivity (Wildman–Crippen MR) is 63.2 cm³/mol. The maximum absolute atomic E-state index is 8.51. The van der Waals surface area contributed by atoms with E-state index >= 15 is 0 Å². The van der Waals surface area contributed by atoms with Crippen LogP contribution in [-0.2, 0) is 14.2 Å². The van der Waals surface area contributed by atoms with Crippen molar-refractivity contribution in [3.63, 3.8) is 0 Å². The highest BCUT2D eigenvalue weighted by Gasteiger charge is 2.43. The number of hydrogen-bond acceptors (Lipinski definition) is 5. The summed E-state index contributed by atoms with van der Waals surface area (Å²) < 4.78 is 15.7. The van der Waals surface area contributed by atoms with Crippen LogP contribution in [-0.4, -0.2) is 51.2 Å². The van der Waals surface area contributed by atoms with Gasteiger partial charge in [-0.1, -0.05) is 5.16 Å². The van der Waals surface area contributed by atoms with E-state index in [1.54, 1.807) is 7.11 Å². The van der Waals surface area contributed by atoms with E-state index in [1.165, 1.54) is 0 Å². The minimum atomic E-state index is 0.100. The summed E-state index contributed by atoms with van der Waals surface area (Å²) in [6, 6.07) is 0. The van der Waals surface area contributed by atoms with E-state index in [9.17, 15) is 0 Å². The molecule has 1 aliphatic rings. The van der Waals surface area contributed by atoms with Crippen molar-refractivity contribution in [3.8, 4) is 0 Å². The van der Waals surface area contributed by atoms with Crippen molar-refractivity contribution in [1.29, 1.82) is 0 Å². The van der Waals surface area contributed by atoms with Gasteiger partial charge in [-0.2, -0.15) is 0 Å². The van der Waals surface area contributed by atoms with Gasteiger partial charge in [0.15, 0.2) is 0 Å². The summed E-state index contributed by atoms with van der Waals surface area (Å²) in [5, 5.41) is 11.5. The van der Waals surface area contributed by atoms with E-state index in [1.807, 2.05) is 0 Å². The Morgan fingerprint density at radius 2 is 1.88 bits per heavy atom. The first kappa shape index (κ1) is 14.2. The molecule has 0 bridgehead atoms. The highest BCUT2D eigenvalue weighted by Crippen LogP contribution is 2.48. The molecule has 1 fully saturated rings. The lowest BCUT2D eigenvalue weighted by Gasteiger charge is -2.14. The summed E-state index contributed by atoms with van der Waals surface area (Å²) in [5.74, 6) is 0.280. The smallest absolute Gasteiger partial charge is 0.139 e. The van der Waals surface area contributed by atoms with Crippen molar-refractivity contribution in [2.45, 2.75) is 19.3 Å². The maximum Gasteiger partial charge on any atom is 0.139 e. The second-order valence-electron chi connectivity index (χ2n) is 4.43. The molecule has 0 atom stereocenters. The third-order valence-electron chi connectivity index (χ3n) is 2.85. The second kappa shape index (κ2) is 7.47. The lowest BCUT2D eigenvalue weighted by atomic mass is 10.0. The molecule has 1 saturated carbocycles. The molecule has 6 heteroatoms. The molecule has 17 heavy (non-hydrogen) atoms. The van der Waals surface area contributed by atoms with Crippen molar-refractivity contribution < 1.29 is 19.4 Å². The van der Waals surface area contributed by atoms with Crippen LogP contribution in [0.3, 0.4) is 0 Å². The van der Waals surface area contributed by atoms with Crippen molar-refractivity contribution in [1.82, 2.24) is 0 Å². The van der Waals surface area contributed by atoms with Crippen molar-refractivity contribution in [2.75, 3.05) is 40.1 Å². The van der Waals surface area contributed by atoms with Crippen LogP contribution in [0.15, 0.2) is 5.16 Å². The Balaban J connectivity index is 1.99. The largest absolute Gasteiger partial charge is 0.409 e. The Labute approximate surface area is 102 Å².